The summed E-state index contributed by atoms with van der Waals surface area (Å²) in [6.45, 7) is 0. The van der Waals surface area contributed by atoms with Crippen LogP contribution in [0.1, 0.15) is 32.6 Å². The highest BCUT2D eigenvalue weighted by Gasteiger charge is 2.17. The van der Waals surface area contributed by atoms with Crippen molar-refractivity contribution in [1.29, 1.82) is 0 Å². The maximum Gasteiger partial charge on any atom is 0.336 e. The van der Waals surface area contributed by atoms with E-state index in [0.29, 0.717) is 5.56 Å². The van der Waals surface area contributed by atoms with Gasteiger partial charge in [-0.3, -0.25) is 0 Å². The second kappa shape index (κ2) is 7.69. The van der Waals surface area contributed by atoms with Gasteiger partial charge in [-0.2, -0.15) is 0 Å². The summed E-state index contributed by atoms with van der Waals surface area (Å²) in [7, 11) is 0. The van der Waals surface area contributed by atoms with Crippen LogP contribution in [0.2, 0.25) is 0 Å². The molecule has 0 radical (unpaired) electrons. The molecule has 1 aliphatic rings. The summed E-state index contributed by atoms with van der Waals surface area (Å²) in [5.74, 6) is -1.28. The third-order valence-corrected chi connectivity index (χ3v) is 5.73. The second-order valence-corrected chi connectivity index (χ2v) is 7.70. The summed E-state index contributed by atoms with van der Waals surface area (Å²) in [6.07, 6.45) is 4.69. The van der Waals surface area contributed by atoms with E-state index in [0.717, 1.165) is 23.1 Å². The first-order valence-electron chi connectivity index (χ1n) is 10.1. The SMILES string of the molecule is O=C(O)c1ccc(-c2ccc(F)cc2)cc1/C=C/c1ccc2c(c1)Cc1ccccc1-2. The standard InChI is InChI=1S/C28H19FO2/c29-24-11-8-19(9-12-24)20-10-14-27(28(30)31)22(16-20)7-5-18-6-13-26-23(15-18)17-21-3-1-2-4-25(21)26/h1-16H,17H2,(H,30,31)/b7-5+. The van der Waals surface area contributed by atoms with Gasteiger partial charge in [-0.1, -0.05) is 72.8 Å². The molecule has 1 aliphatic carbocycles. The number of carbonyl (C=O) groups is 1. The lowest BCUT2D eigenvalue weighted by molar-refractivity contribution is 0.0696. The monoisotopic (exact) mass is 406 g/mol. The van der Waals surface area contributed by atoms with E-state index in [9.17, 15) is 14.3 Å². The summed E-state index contributed by atoms with van der Waals surface area (Å²) in [5, 5.41) is 9.60. The minimum atomic E-state index is -0.977. The zero-order valence-corrected chi connectivity index (χ0v) is 16.7. The lowest BCUT2D eigenvalue weighted by Crippen LogP contribution is -1.99. The maximum absolute atomic E-state index is 13.3. The van der Waals surface area contributed by atoms with Crippen LogP contribution >= 0.6 is 0 Å². The Morgan fingerprint density at radius 2 is 1.52 bits per heavy atom. The minimum absolute atomic E-state index is 0.232. The molecule has 5 rings (SSSR count). The van der Waals surface area contributed by atoms with Crippen molar-refractivity contribution in [2.45, 2.75) is 6.42 Å². The first-order valence-corrected chi connectivity index (χ1v) is 10.1. The van der Waals surface area contributed by atoms with Crippen LogP contribution in [0.4, 0.5) is 4.39 Å². The summed E-state index contributed by atoms with van der Waals surface area (Å²) in [4.78, 5) is 11.7. The van der Waals surface area contributed by atoms with Gasteiger partial charge in [0.05, 0.1) is 5.56 Å². The number of aromatic carboxylic acids is 1. The van der Waals surface area contributed by atoms with Crippen LogP contribution in [0.3, 0.4) is 0 Å². The van der Waals surface area contributed by atoms with Gasteiger partial charge in [0.1, 0.15) is 5.82 Å². The van der Waals surface area contributed by atoms with E-state index >= 15 is 0 Å². The average Bonchev–Trinajstić information content (AvgIpc) is 3.15. The van der Waals surface area contributed by atoms with Gasteiger partial charge in [-0.15, -0.1) is 0 Å². The number of fused-ring (bicyclic) bond motifs is 3. The quantitative estimate of drug-likeness (QED) is 0.329. The molecule has 0 spiro atoms. The molecule has 0 heterocycles. The fourth-order valence-electron chi connectivity index (χ4n) is 4.17. The number of carboxylic acids is 1. The average molecular weight is 406 g/mol. The van der Waals surface area contributed by atoms with Crippen molar-refractivity contribution in [2.24, 2.45) is 0 Å². The van der Waals surface area contributed by atoms with Crippen LogP contribution in [0.15, 0.2) is 84.9 Å². The Hall–Kier alpha value is -3.98. The third kappa shape index (κ3) is 3.66. The van der Waals surface area contributed by atoms with Gasteiger partial charge < -0.3 is 5.11 Å². The van der Waals surface area contributed by atoms with Crippen molar-refractivity contribution in [2.75, 3.05) is 0 Å². The Labute approximate surface area is 179 Å². The van der Waals surface area contributed by atoms with Crippen molar-refractivity contribution >= 4 is 18.1 Å². The largest absolute Gasteiger partial charge is 0.478 e. The number of carboxylic acid groups (broad SMARTS) is 1. The van der Waals surface area contributed by atoms with E-state index in [2.05, 4.69) is 42.5 Å². The Kier molecular flexibility index (Phi) is 4.72. The Morgan fingerprint density at radius 3 is 2.32 bits per heavy atom. The van der Waals surface area contributed by atoms with Crippen molar-refractivity contribution in [3.05, 3.63) is 119 Å². The van der Waals surface area contributed by atoms with Crippen LogP contribution < -0.4 is 0 Å². The molecule has 31 heavy (non-hydrogen) atoms. The van der Waals surface area contributed by atoms with Crippen LogP contribution in [0.25, 0.3) is 34.4 Å². The number of benzene rings is 4. The van der Waals surface area contributed by atoms with Crippen molar-refractivity contribution in [3.63, 3.8) is 0 Å². The van der Waals surface area contributed by atoms with Gasteiger partial charge in [0.25, 0.3) is 0 Å². The van der Waals surface area contributed by atoms with E-state index in [4.69, 9.17) is 0 Å². The van der Waals surface area contributed by atoms with Crippen molar-refractivity contribution in [1.82, 2.24) is 0 Å². The molecule has 0 atom stereocenters. The maximum atomic E-state index is 13.3. The normalized spacial score (nSPS) is 12.0. The molecule has 0 fully saturated rings. The zero-order valence-electron chi connectivity index (χ0n) is 16.7. The Balaban J connectivity index is 1.49. The van der Waals surface area contributed by atoms with Gasteiger partial charge >= 0.3 is 5.97 Å². The van der Waals surface area contributed by atoms with Gasteiger partial charge in [-0.25, -0.2) is 9.18 Å². The summed E-state index contributed by atoms with van der Waals surface area (Å²) in [6, 6.07) is 26.1. The number of rotatable bonds is 4. The van der Waals surface area contributed by atoms with Gasteiger partial charge in [0, 0.05) is 0 Å². The van der Waals surface area contributed by atoms with E-state index < -0.39 is 5.97 Å². The molecule has 0 bridgehead atoms. The molecule has 0 aromatic heterocycles. The first kappa shape index (κ1) is 19.0. The summed E-state index contributed by atoms with van der Waals surface area (Å²) in [5.41, 5.74) is 8.70. The van der Waals surface area contributed by atoms with E-state index in [1.165, 1.54) is 34.4 Å². The van der Waals surface area contributed by atoms with Crippen LogP contribution in [0, 0.1) is 5.82 Å². The fourth-order valence-corrected chi connectivity index (χ4v) is 4.17. The van der Waals surface area contributed by atoms with Gasteiger partial charge in [0.2, 0.25) is 0 Å². The fraction of sp³-hybridized carbons (Fsp3) is 0.0357. The van der Waals surface area contributed by atoms with Gasteiger partial charge in [0.15, 0.2) is 0 Å². The third-order valence-electron chi connectivity index (χ3n) is 5.73. The Bertz CT molecular complexity index is 1330. The highest BCUT2D eigenvalue weighted by Crippen LogP contribution is 2.37. The van der Waals surface area contributed by atoms with Crippen LogP contribution in [-0.2, 0) is 6.42 Å². The molecule has 150 valence electrons. The predicted octanol–water partition coefficient (Wildman–Crippen LogP) is 6.93. The van der Waals surface area contributed by atoms with Crippen molar-refractivity contribution in [3.8, 4) is 22.3 Å². The smallest absolute Gasteiger partial charge is 0.336 e. The van der Waals surface area contributed by atoms with Crippen LogP contribution in [0.5, 0.6) is 0 Å². The molecular formula is C28H19FO2. The van der Waals surface area contributed by atoms with E-state index in [1.54, 1.807) is 24.3 Å². The molecular weight excluding hydrogens is 387 g/mol. The summed E-state index contributed by atoms with van der Waals surface area (Å²) >= 11 is 0. The zero-order chi connectivity index (χ0) is 21.4. The molecule has 0 unspecified atom stereocenters. The molecule has 0 amide bonds. The lowest BCUT2D eigenvalue weighted by atomic mass is 9.97. The highest BCUT2D eigenvalue weighted by molar-refractivity contribution is 5.94. The highest BCUT2D eigenvalue weighted by atomic mass is 19.1. The topological polar surface area (TPSA) is 37.3 Å². The minimum Gasteiger partial charge on any atom is -0.478 e. The first-order chi connectivity index (χ1) is 15.1. The number of hydrogen-bond acceptors (Lipinski definition) is 1. The number of hydrogen-bond donors (Lipinski definition) is 1. The second-order valence-electron chi connectivity index (χ2n) is 7.70. The van der Waals surface area contributed by atoms with Gasteiger partial charge in [-0.05, 0) is 75.2 Å². The molecule has 4 aromatic rings. The molecule has 3 heteroatoms. The molecule has 0 saturated heterocycles. The molecule has 1 N–H and O–H groups in total. The Morgan fingerprint density at radius 1 is 0.774 bits per heavy atom. The molecule has 2 nitrogen and oxygen atoms in total. The lowest BCUT2D eigenvalue weighted by Gasteiger charge is -2.07. The van der Waals surface area contributed by atoms with E-state index in [1.807, 2.05) is 18.2 Å². The molecule has 0 aliphatic heterocycles. The van der Waals surface area contributed by atoms with Crippen LogP contribution in [-0.4, -0.2) is 11.1 Å². The summed E-state index contributed by atoms with van der Waals surface area (Å²) < 4.78 is 13.3. The molecule has 0 saturated carbocycles. The number of halogens is 1. The molecule has 4 aromatic carbocycles. The van der Waals surface area contributed by atoms with E-state index in [-0.39, 0.29) is 11.4 Å². The van der Waals surface area contributed by atoms with Crippen molar-refractivity contribution < 1.29 is 14.3 Å². The predicted molar refractivity (Wildman–Crippen MR) is 122 cm³/mol.